The lowest BCUT2D eigenvalue weighted by atomic mass is 10.1. The third-order valence-electron chi connectivity index (χ3n) is 4.15. The zero-order chi connectivity index (χ0) is 13.1. The van der Waals surface area contributed by atoms with E-state index in [0.29, 0.717) is 0 Å². The first-order valence-electron chi connectivity index (χ1n) is 7.22. The fraction of sp³-hybridized carbons (Fsp3) is 0.600. The van der Waals surface area contributed by atoms with E-state index < -0.39 is 0 Å². The average Bonchev–Trinajstić information content (AvgIpc) is 2.92. The fourth-order valence-corrected chi connectivity index (χ4v) is 3.00. The number of ether oxygens (including phenoxy) is 1. The van der Waals surface area contributed by atoms with E-state index in [0.717, 1.165) is 51.0 Å². The second-order valence-electron chi connectivity index (χ2n) is 5.61. The largest absolute Gasteiger partial charge is 0.399 e. The van der Waals surface area contributed by atoms with Crippen molar-refractivity contribution in [1.29, 1.82) is 0 Å². The monoisotopic (exact) mass is 261 g/mol. The highest BCUT2D eigenvalue weighted by Crippen LogP contribution is 2.20. The Morgan fingerprint density at radius 3 is 2.74 bits per heavy atom. The Hall–Kier alpha value is -1.26. The predicted octanol–water partition coefficient (Wildman–Crippen LogP) is 1.43. The Balaban J connectivity index is 1.51. The van der Waals surface area contributed by atoms with Gasteiger partial charge in [0.05, 0.1) is 6.61 Å². The highest BCUT2D eigenvalue weighted by Gasteiger charge is 2.22. The van der Waals surface area contributed by atoms with Crippen molar-refractivity contribution in [3.63, 3.8) is 0 Å². The average molecular weight is 261 g/mol. The maximum Gasteiger partial charge on any atom is 0.0507 e. The Morgan fingerprint density at radius 2 is 2.05 bits per heavy atom. The van der Waals surface area contributed by atoms with Gasteiger partial charge in [-0.3, -0.25) is 4.90 Å². The lowest BCUT2D eigenvalue weighted by molar-refractivity contribution is 0.164. The number of nitrogen functional groups attached to an aromatic ring is 1. The summed E-state index contributed by atoms with van der Waals surface area (Å²) in [4.78, 5) is 5.00. The van der Waals surface area contributed by atoms with Crippen LogP contribution in [0.4, 0.5) is 11.4 Å². The molecule has 1 atom stereocenters. The molecular formula is C15H23N3O. The Bertz CT molecular complexity index is 410. The molecule has 2 heterocycles. The molecule has 0 bridgehead atoms. The number of nitrogens with zero attached hydrogens (tertiary/aromatic N) is 2. The third-order valence-corrected chi connectivity index (χ3v) is 4.15. The summed E-state index contributed by atoms with van der Waals surface area (Å²) >= 11 is 0. The summed E-state index contributed by atoms with van der Waals surface area (Å²) in [6.07, 6.45) is 1.23. The highest BCUT2D eigenvalue weighted by molar-refractivity contribution is 5.56. The first-order valence-corrected chi connectivity index (χ1v) is 7.22. The highest BCUT2D eigenvalue weighted by atomic mass is 16.5. The molecule has 2 saturated heterocycles. The van der Waals surface area contributed by atoms with E-state index in [1.807, 2.05) is 12.1 Å². The number of piperazine rings is 1. The van der Waals surface area contributed by atoms with Crippen LogP contribution in [0.2, 0.25) is 0 Å². The van der Waals surface area contributed by atoms with Crippen molar-refractivity contribution in [3.05, 3.63) is 24.3 Å². The molecule has 0 aromatic heterocycles. The van der Waals surface area contributed by atoms with Crippen molar-refractivity contribution in [2.45, 2.75) is 6.42 Å². The molecule has 0 radical (unpaired) electrons. The minimum Gasteiger partial charge on any atom is -0.399 e. The molecule has 0 amide bonds. The number of anilines is 2. The number of hydrogen-bond donors (Lipinski definition) is 1. The van der Waals surface area contributed by atoms with E-state index in [9.17, 15) is 0 Å². The van der Waals surface area contributed by atoms with Crippen molar-refractivity contribution >= 4 is 11.4 Å². The molecule has 4 heteroatoms. The first-order chi connectivity index (χ1) is 9.31. The van der Waals surface area contributed by atoms with Crippen LogP contribution in [0.5, 0.6) is 0 Å². The van der Waals surface area contributed by atoms with Gasteiger partial charge in [-0.15, -0.1) is 0 Å². The van der Waals surface area contributed by atoms with Gasteiger partial charge >= 0.3 is 0 Å². The summed E-state index contributed by atoms with van der Waals surface area (Å²) in [5.41, 5.74) is 7.95. The predicted molar refractivity (Wildman–Crippen MR) is 78.4 cm³/mol. The van der Waals surface area contributed by atoms with Crippen molar-refractivity contribution in [2.24, 2.45) is 5.92 Å². The van der Waals surface area contributed by atoms with Gasteiger partial charge in [0.15, 0.2) is 0 Å². The summed E-state index contributed by atoms with van der Waals surface area (Å²) in [5, 5.41) is 0. The van der Waals surface area contributed by atoms with E-state index in [2.05, 4.69) is 21.9 Å². The number of rotatable bonds is 3. The van der Waals surface area contributed by atoms with E-state index in [4.69, 9.17) is 10.5 Å². The van der Waals surface area contributed by atoms with Crippen molar-refractivity contribution in [1.82, 2.24) is 4.90 Å². The molecule has 2 fully saturated rings. The second kappa shape index (κ2) is 5.80. The molecule has 3 rings (SSSR count). The van der Waals surface area contributed by atoms with Gasteiger partial charge < -0.3 is 15.4 Å². The van der Waals surface area contributed by atoms with Gasteiger partial charge in [0.25, 0.3) is 0 Å². The van der Waals surface area contributed by atoms with Gasteiger partial charge in [-0.2, -0.15) is 0 Å². The van der Waals surface area contributed by atoms with Gasteiger partial charge in [0.2, 0.25) is 0 Å². The van der Waals surface area contributed by atoms with Gasteiger partial charge in [-0.1, -0.05) is 6.07 Å². The van der Waals surface area contributed by atoms with Crippen LogP contribution < -0.4 is 10.6 Å². The molecule has 1 unspecified atom stereocenters. The molecule has 4 nitrogen and oxygen atoms in total. The standard InChI is InChI=1S/C15H23N3O/c16-14-2-1-3-15(10-14)18-7-5-17(6-8-18)11-13-4-9-19-12-13/h1-3,10,13H,4-9,11-12,16H2. The fourth-order valence-electron chi connectivity index (χ4n) is 3.00. The van der Waals surface area contributed by atoms with Gasteiger partial charge in [0.1, 0.15) is 0 Å². The van der Waals surface area contributed by atoms with Crippen LogP contribution in [0.15, 0.2) is 24.3 Å². The smallest absolute Gasteiger partial charge is 0.0507 e. The summed E-state index contributed by atoms with van der Waals surface area (Å²) < 4.78 is 5.45. The Labute approximate surface area is 115 Å². The number of benzene rings is 1. The van der Waals surface area contributed by atoms with E-state index in [-0.39, 0.29) is 0 Å². The molecule has 2 aliphatic rings. The summed E-state index contributed by atoms with van der Waals surface area (Å²) in [6.45, 7) is 7.58. The Kier molecular flexibility index (Phi) is 3.89. The number of nitrogens with two attached hydrogens (primary N) is 1. The van der Waals surface area contributed by atoms with Gasteiger partial charge in [0, 0.05) is 50.7 Å². The van der Waals surface area contributed by atoms with Crippen LogP contribution in [-0.2, 0) is 4.74 Å². The summed E-state index contributed by atoms with van der Waals surface area (Å²) in [5.74, 6) is 0.749. The third kappa shape index (κ3) is 3.19. The molecule has 0 saturated carbocycles. The van der Waals surface area contributed by atoms with E-state index in [1.54, 1.807) is 0 Å². The molecule has 1 aromatic rings. The van der Waals surface area contributed by atoms with Gasteiger partial charge in [-0.25, -0.2) is 0 Å². The quantitative estimate of drug-likeness (QED) is 0.836. The lowest BCUT2D eigenvalue weighted by Gasteiger charge is -2.37. The second-order valence-corrected chi connectivity index (χ2v) is 5.61. The molecule has 19 heavy (non-hydrogen) atoms. The first kappa shape index (κ1) is 12.8. The molecule has 2 N–H and O–H groups in total. The molecular weight excluding hydrogens is 238 g/mol. The zero-order valence-corrected chi connectivity index (χ0v) is 11.4. The van der Waals surface area contributed by atoms with Crippen molar-refractivity contribution in [2.75, 3.05) is 56.6 Å². The van der Waals surface area contributed by atoms with Crippen molar-refractivity contribution in [3.8, 4) is 0 Å². The van der Waals surface area contributed by atoms with Crippen LogP contribution >= 0.6 is 0 Å². The zero-order valence-electron chi connectivity index (χ0n) is 11.4. The molecule has 0 aliphatic carbocycles. The molecule has 2 aliphatic heterocycles. The SMILES string of the molecule is Nc1cccc(N2CCN(CC3CCOC3)CC2)c1. The van der Waals surface area contributed by atoms with Crippen molar-refractivity contribution < 1.29 is 4.74 Å². The topological polar surface area (TPSA) is 41.7 Å². The van der Waals surface area contributed by atoms with Crippen LogP contribution in [0, 0.1) is 5.92 Å². The van der Waals surface area contributed by atoms with Crippen LogP contribution in [-0.4, -0.2) is 50.8 Å². The molecule has 1 aromatic carbocycles. The lowest BCUT2D eigenvalue weighted by Crippen LogP contribution is -2.47. The maximum absolute atomic E-state index is 5.85. The normalized spacial score (nSPS) is 24.8. The molecule has 0 spiro atoms. The molecule has 104 valence electrons. The van der Waals surface area contributed by atoms with Gasteiger partial charge in [-0.05, 0) is 30.5 Å². The van der Waals surface area contributed by atoms with Crippen LogP contribution in [0.3, 0.4) is 0 Å². The van der Waals surface area contributed by atoms with E-state index in [1.165, 1.54) is 18.7 Å². The van der Waals surface area contributed by atoms with Crippen LogP contribution in [0.1, 0.15) is 6.42 Å². The number of hydrogen-bond acceptors (Lipinski definition) is 4. The minimum atomic E-state index is 0.749. The summed E-state index contributed by atoms with van der Waals surface area (Å²) in [7, 11) is 0. The van der Waals surface area contributed by atoms with E-state index >= 15 is 0 Å². The van der Waals surface area contributed by atoms with Crippen LogP contribution in [0.25, 0.3) is 0 Å². The summed E-state index contributed by atoms with van der Waals surface area (Å²) in [6, 6.07) is 8.20. The maximum atomic E-state index is 5.85. The Morgan fingerprint density at radius 1 is 1.21 bits per heavy atom. The minimum absolute atomic E-state index is 0.749.